The molecule has 2 rings (SSSR count). The minimum absolute atomic E-state index is 0.503. The first-order valence-electron chi connectivity index (χ1n) is 5.95. The molecular weight excluding hydrogens is 208 g/mol. The molecule has 17 heavy (non-hydrogen) atoms. The second kappa shape index (κ2) is 5.00. The van der Waals surface area contributed by atoms with Gasteiger partial charge in [0.2, 0.25) is 0 Å². The molecule has 0 amide bonds. The molecule has 0 radical (unpaired) electrons. The number of hydrogen-bond acceptors (Lipinski definition) is 2. The molecule has 2 aromatic rings. The highest BCUT2D eigenvalue weighted by Crippen LogP contribution is 2.26. The lowest BCUT2D eigenvalue weighted by Crippen LogP contribution is -1.99. The van der Waals surface area contributed by atoms with E-state index in [2.05, 4.69) is 55.3 Å². The summed E-state index contributed by atoms with van der Waals surface area (Å²) >= 11 is 0. The molecule has 0 aliphatic carbocycles. The Morgan fingerprint density at radius 1 is 1.12 bits per heavy atom. The van der Waals surface area contributed by atoms with Gasteiger partial charge in [0.05, 0.1) is 0 Å². The van der Waals surface area contributed by atoms with Crippen LogP contribution >= 0.6 is 0 Å². The van der Waals surface area contributed by atoms with Crippen LogP contribution in [0.25, 0.3) is 0 Å². The molecular formula is C15H18N2. The quantitative estimate of drug-likeness (QED) is 0.846. The van der Waals surface area contributed by atoms with Crippen LogP contribution < -0.4 is 5.32 Å². The first-order valence-corrected chi connectivity index (χ1v) is 5.95. The Hall–Kier alpha value is -1.83. The summed E-state index contributed by atoms with van der Waals surface area (Å²) in [5.74, 6) is 1.40. The lowest BCUT2D eigenvalue weighted by atomic mass is 10.0. The average Bonchev–Trinajstić information content (AvgIpc) is 2.29. The van der Waals surface area contributed by atoms with Crippen molar-refractivity contribution in [2.24, 2.45) is 0 Å². The molecule has 0 aliphatic rings. The Bertz CT molecular complexity index is 504. The van der Waals surface area contributed by atoms with Crippen LogP contribution in [0.4, 0.5) is 11.5 Å². The largest absolute Gasteiger partial charge is 0.340 e. The fourth-order valence-electron chi connectivity index (χ4n) is 1.86. The van der Waals surface area contributed by atoms with Gasteiger partial charge in [0.15, 0.2) is 0 Å². The fraction of sp³-hybridized carbons (Fsp3) is 0.267. The van der Waals surface area contributed by atoms with E-state index in [9.17, 15) is 0 Å². The van der Waals surface area contributed by atoms with Crippen LogP contribution in [-0.4, -0.2) is 4.98 Å². The standard InChI is InChI=1S/C15H18N2/c1-11(2)13-6-4-5-7-14(13)17-15-10-12(3)8-9-16-15/h4-11H,1-3H3,(H,16,17). The van der Waals surface area contributed by atoms with Crippen molar-refractivity contribution < 1.29 is 0 Å². The highest BCUT2D eigenvalue weighted by Gasteiger charge is 2.06. The minimum atomic E-state index is 0.503. The van der Waals surface area contributed by atoms with Crippen LogP contribution in [0.2, 0.25) is 0 Å². The third-order valence-corrected chi connectivity index (χ3v) is 2.76. The van der Waals surface area contributed by atoms with Crippen molar-refractivity contribution in [3.8, 4) is 0 Å². The van der Waals surface area contributed by atoms with Gasteiger partial charge < -0.3 is 5.32 Å². The van der Waals surface area contributed by atoms with Gasteiger partial charge in [-0.15, -0.1) is 0 Å². The summed E-state index contributed by atoms with van der Waals surface area (Å²) in [5, 5.41) is 3.38. The summed E-state index contributed by atoms with van der Waals surface area (Å²) in [5.41, 5.74) is 3.67. The fourth-order valence-corrected chi connectivity index (χ4v) is 1.86. The topological polar surface area (TPSA) is 24.9 Å². The number of anilines is 2. The zero-order chi connectivity index (χ0) is 12.3. The van der Waals surface area contributed by atoms with Crippen molar-refractivity contribution >= 4 is 11.5 Å². The van der Waals surface area contributed by atoms with Crippen LogP contribution in [-0.2, 0) is 0 Å². The van der Waals surface area contributed by atoms with E-state index in [1.54, 1.807) is 0 Å². The van der Waals surface area contributed by atoms with E-state index >= 15 is 0 Å². The lowest BCUT2D eigenvalue weighted by molar-refractivity contribution is 0.869. The molecule has 0 unspecified atom stereocenters. The lowest BCUT2D eigenvalue weighted by Gasteiger charge is -2.14. The van der Waals surface area contributed by atoms with E-state index in [1.807, 2.05) is 18.3 Å². The molecule has 1 heterocycles. The van der Waals surface area contributed by atoms with Crippen molar-refractivity contribution in [1.29, 1.82) is 0 Å². The molecule has 0 saturated carbocycles. The SMILES string of the molecule is Cc1ccnc(Nc2ccccc2C(C)C)c1. The Morgan fingerprint density at radius 2 is 1.88 bits per heavy atom. The number of nitrogens with one attached hydrogen (secondary N) is 1. The molecule has 0 aliphatic heterocycles. The zero-order valence-electron chi connectivity index (χ0n) is 10.6. The Balaban J connectivity index is 2.30. The summed E-state index contributed by atoms with van der Waals surface area (Å²) in [4.78, 5) is 4.32. The van der Waals surface area contributed by atoms with Gasteiger partial charge in [0, 0.05) is 11.9 Å². The predicted octanol–water partition coefficient (Wildman–Crippen LogP) is 4.26. The van der Waals surface area contributed by atoms with Crippen LogP contribution in [0.3, 0.4) is 0 Å². The number of rotatable bonds is 3. The monoisotopic (exact) mass is 226 g/mol. The van der Waals surface area contributed by atoms with Gasteiger partial charge in [-0.25, -0.2) is 4.98 Å². The minimum Gasteiger partial charge on any atom is -0.340 e. The van der Waals surface area contributed by atoms with Crippen LogP contribution in [0, 0.1) is 6.92 Å². The molecule has 1 N–H and O–H groups in total. The Morgan fingerprint density at radius 3 is 2.59 bits per heavy atom. The summed E-state index contributed by atoms with van der Waals surface area (Å²) in [6.07, 6.45) is 1.83. The first kappa shape index (κ1) is 11.6. The maximum Gasteiger partial charge on any atom is 0.130 e. The Kier molecular flexibility index (Phi) is 3.43. The average molecular weight is 226 g/mol. The number of hydrogen-bond donors (Lipinski definition) is 1. The predicted molar refractivity (Wildman–Crippen MR) is 72.8 cm³/mol. The number of aryl methyl sites for hydroxylation is 1. The first-order chi connectivity index (χ1) is 8.16. The van der Waals surface area contributed by atoms with E-state index in [4.69, 9.17) is 0 Å². The molecule has 0 spiro atoms. The normalized spacial score (nSPS) is 10.6. The van der Waals surface area contributed by atoms with Gasteiger partial charge >= 0.3 is 0 Å². The highest BCUT2D eigenvalue weighted by molar-refractivity contribution is 5.61. The van der Waals surface area contributed by atoms with Crippen molar-refractivity contribution in [3.05, 3.63) is 53.7 Å². The molecule has 1 aromatic heterocycles. The van der Waals surface area contributed by atoms with Gasteiger partial charge in [-0.1, -0.05) is 32.0 Å². The zero-order valence-corrected chi connectivity index (χ0v) is 10.6. The molecule has 1 aromatic carbocycles. The Labute approximate surface area is 103 Å². The van der Waals surface area contributed by atoms with E-state index in [-0.39, 0.29) is 0 Å². The summed E-state index contributed by atoms with van der Waals surface area (Å²) in [6, 6.07) is 12.4. The van der Waals surface area contributed by atoms with Crippen molar-refractivity contribution in [1.82, 2.24) is 4.98 Å². The van der Waals surface area contributed by atoms with Crippen molar-refractivity contribution in [3.63, 3.8) is 0 Å². The maximum absolute atomic E-state index is 4.32. The van der Waals surface area contributed by atoms with Crippen LogP contribution in [0.1, 0.15) is 30.9 Å². The van der Waals surface area contributed by atoms with Crippen LogP contribution in [0.15, 0.2) is 42.6 Å². The number of benzene rings is 1. The van der Waals surface area contributed by atoms with E-state index in [0.29, 0.717) is 5.92 Å². The van der Waals surface area contributed by atoms with Gasteiger partial charge in [0.25, 0.3) is 0 Å². The molecule has 0 atom stereocenters. The number of aromatic nitrogens is 1. The van der Waals surface area contributed by atoms with E-state index in [1.165, 1.54) is 11.1 Å². The van der Waals surface area contributed by atoms with Crippen molar-refractivity contribution in [2.75, 3.05) is 5.32 Å². The number of pyridine rings is 1. The number of nitrogens with zero attached hydrogens (tertiary/aromatic N) is 1. The van der Waals surface area contributed by atoms with E-state index in [0.717, 1.165) is 11.5 Å². The molecule has 88 valence electrons. The van der Waals surface area contributed by atoms with Gasteiger partial charge in [-0.3, -0.25) is 0 Å². The summed E-state index contributed by atoms with van der Waals surface area (Å²) < 4.78 is 0. The maximum atomic E-state index is 4.32. The third kappa shape index (κ3) is 2.84. The smallest absolute Gasteiger partial charge is 0.130 e. The van der Waals surface area contributed by atoms with E-state index < -0.39 is 0 Å². The molecule has 0 fully saturated rings. The van der Waals surface area contributed by atoms with Gasteiger partial charge in [0.1, 0.15) is 5.82 Å². The molecule has 2 nitrogen and oxygen atoms in total. The molecule has 0 saturated heterocycles. The summed E-state index contributed by atoms with van der Waals surface area (Å²) in [6.45, 7) is 6.47. The number of para-hydroxylation sites is 1. The molecule has 0 bridgehead atoms. The van der Waals surface area contributed by atoms with Gasteiger partial charge in [-0.05, 0) is 42.2 Å². The third-order valence-electron chi connectivity index (χ3n) is 2.76. The summed E-state index contributed by atoms with van der Waals surface area (Å²) in [7, 11) is 0. The van der Waals surface area contributed by atoms with Crippen LogP contribution in [0.5, 0.6) is 0 Å². The second-order valence-corrected chi connectivity index (χ2v) is 4.59. The van der Waals surface area contributed by atoms with Gasteiger partial charge in [-0.2, -0.15) is 0 Å². The molecule has 2 heteroatoms. The second-order valence-electron chi connectivity index (χ2n) is 4.59. The highest BCUT2D eigenvalue weighted by atomic mass is 15.0. The van der Waals surface area contributed by atoms with Crippen molar-refractivity contribution in [2.45, 2.75) is 26.7 Å².